The normalized spacial score (nSPS) is 12.9. The number of unbranched alkanes of at least 4 members (excludes halogenated alkanes) is 18. The highest BCUT2D eigenvalue weighted by atomic mass is 32.1. The summed E-state index contributed by atoms with van der Waals surface area (Å²) in [5, 5.41) is 0. The van der Waals surface area contributed by atoms with Crippen molar-refractivity contribution in [3.63, 3.8) is 0 Å². The van der Waals surface area contributed by atoms with Crippen molar-refractivity contribution in [3.8, 4) is 0 Å². The van der Waals surface area contributed by atoms with Gasteiger partial charge in [0.05, 0.1) is 4.87 Å². The molecule has 0 aromatic rings. The third-order valence-electron chi connectivity index (χ3n) is 6.95. The van der Waals surface area contributed by atoms with Crippen LogP contribution in [0.2, 0.25) is 0 Å². The summed E-state index contributed by atoms with van der Waals surface area (Å²) in [5.74, 6) is 0. The monoisotopic (exact) mass is 532 g/mol. The summed E-state index contributed by atoms with van der Waals surface area (Å²) in [6.45, 7) is 11.3. The predicted molar refractivity (Wildman–Crippen MR) is 161 cm³/mol. The van der Waals surface area contributed by atoms with Crippen molar-refractivity contribution < 1.29 is 13.3 Å². The van der Waals surface area contributed by atoms with Gasteiger partial charge in [-0.1, -0.05) is 143 Å². The minimum atomic E-state index is -2.78. The summed E-state index contributed by atoms with van der Waals surface area (Å²) in [7, 11) is -2.78. The molecule has 1 unspecified atom stereocenters. The molecular weight excluding hydrogens is 468 g/mol. The van der Waals surface area contributed by atoms with Crippen LogP contribution in [0.5, 0.6) is 0 Å². The van der Waals surface area contributed by atoms with Crippen molar-refractivity contribution in [2.45, 2.75) is 174 Å². The lowest BCUT2D eigenvalue weighted by Gasteiger charge is -2.33. The highest BCUT2D eigenvalue weighted by Crippen LogP contribution is 2.24. The van der Waals surface area contributed by atoms with Crippen LogP contribution in [0.15, 0.2) is 0 Å². The molecule has 0 amide bonds. The zero-order chi connectivity index (χ0) is 25.9. The van der Waals surface area contributed by atoms with Crippen LogP contribution in [0.1, 0.15) is 169 Å². The van der Waals surface area contributed by atoms with E-state index in [2.05, 4.69) is 27.7 Å². The van der Waals surface area contributed by atoms with Gasteiger partial charge in [-0.05, 0) is 25.7 Å². The maximum atomic E-state index is 6.55. The second-order valence-corrected chi connectivity index (χ2v) is 14.3. The minimum absolute atomic E-state index is 0.0705. The number of thiol groups is 1. The summed E-state index contributed by atoms with van der Waals surface area (Å²) in [4.78, 5) is 0.0705. The highest BCUT2D eigenvalue weighted by Gasteiger charge is 2.47. The van der Waals surface area contributed by atoms with Gasteiger partial charge in [-0.2, -0.15) is 12.6 Å². The van der Waals surface area contributed by atoms with Crippen LogP contribution in [0.25, 0.3) is 0 Å². The first-order valence-electron chi connectivity index (χ1n) is 15.8. The smallest absolute Gasteiger partial charge is 0.373 e. The molecule has 0 bridgehead atoms. The predicted octanol–water partition coefficient (Wildman–Crippen LogP) is 10.5. The van der Waals surface area contributed by atoms with Crippen LogP contribution in [0.3, 0.4) is 0 Å². The maximum Gasteiger partial charge on any atom is 0.514 e. The first kappa shape index (κ1) is 35.4. The Morgan fingerprint density at radius 1 is 0.429 bits per heavy atom. The van der Waals surface area contributed by atoms with Crippen LogP contribution in [-0.4, -0.2) is 33.5 Å². The summed E-state index contributed by atoms with van der Waals surface area (Å²) in [5.41, 5.74) is 0. The van der Waals surface area contributed by atoms with E-state index in [1.165, 1.54) is 116 Å². The van der Waals surface area contributed by atoms with E-state index in [-0.39, 0.29) is 4.87 Å². The lowest BCUT2D eigenvalue weighted by atomic mass is 10.1. The van der Waals surface area contributed by atoms with E-state index in [0.717, 1.165) is 45.5 Å². The first-order chi connectivity index (χ1) is 17.2. The van der Waals surface area contributed by atoms with Gasteiger partial charge >= 0.3 is 8.80 Å². The Bertz CT molecular complexity index is 361. The van der Waals surface area contributed by atoms with E-state index in [1.807, 2.05) is 0 Å². The topological polar surface area (TPSA) is 27.7 Å². The van der Waals surface area contributed by atoms with Crippen LogP contribution < -0.4 is 0 Å². The minimum Gasteiger partial charge on any atom is -0.373 e. The molecule has 0 aromatic carbocycles. The van der Waals surface area contributed by atoms with Crippen molar-refractivity contribution in [1.29, 1.82) is 0 Å². The van der Waals surface area contributed by atoms with E-state index in [9.17, 15) is 0 Å². The fourth-order valence-electron chi connectivity index (χ4n) is 4.48. The summed E-state index contributed by atoms with van der Waals surface area (Å²) >= 11 is 4.94. The largest absolute Gasteiger partial charge is 0.514 e. The Labute approximate surface area is 228 Å². The van der Waals surface area contributed by atoms with Crippen molar-refractivity contribution in [2.24, 2.45) is 0 Å². The molecule has 0 radical (unpaired) electrons. The van der Waals surface area contributed by atoms with Gasteiger partial charge in [0.2, 0.25) is 0 Å². The molecule has 0 spiro atoms. The fraction of sp³-hybridized carbons (Fsp3) is 1.00. The third kappa shape index (κ3) is 21.1. The van der Waals surface area contributed by atoms with Crippen LogP contribution in [0.4, 0.5) is 0 Å². The number of hydrogen-bond donors (Lipinski definition) is 1. The SMILES string of the molecule is CCCCCCCCCO[Si](OCCCCCCCCC)(OCCCCCCCCC)C(S)CC. The van der Waals surface area contributed by atoms with Crippen molar-refractivity contribution in [2.75, 3.05) is 19.8 Å². The molecule has 0 aliphatic heterocycles. The maximum absolute atomic E-state index is 6.55. The Morgan fingerprint density at radius 2 is 0.686 bits per heavy atom. The molecule has 0 heterocycles. The average Bonchev–Trinajstić information content (AvgIpc) is 2.87. The first-order valence-corrected chi connectivity index (χ1v) is 18.1. The van der Waals surface area contributed by atoms with E-state index in [4.69, 9.17) is 25.9 Å². The van der Waals surface area contributed by atoms with Gasteiger partial charge in [-0.3, -0.25) is 0 Å². The molecule has 3 nitrogen and oxygen atoms in total. The summed E-state index contributed by atoms with van der Waals surface area (Å²) in [6, 6.07) is 0. The van der Waals surface area contributed by atoms with Crippen LogP contribution >= 0.6 is 12.6 Å². The Hall–Kier alpha value is 0.447. The molecule has 1 atom stereocenters. The van der Waals surface area contributed by atoms with Gasteiger partial charge in [0.25, 0.3) is 0 Å². The number of rotatable bonds is 29. The lowest BCUT2D eigenvalue weighted by molar-refractivity contribution is 0.0534. The molecule has 0 aromatic heterocycles. The fourth-order valence-corrected chi connectivity index (χ4v) is 7.77. The average molecular weight is 533 g/mol. The zero-order valence-electron chi connectivity index (χ0n) is 24.4. The molecular formula is C30H64O3SSi. The van der Waals surface area contributed by atoms with Gasteiger partial charge in [0.1, 0.15) is 0 Å². The van der Waals surface area contributed by atoms with Gasteiger partial charge in [-0.15, -0.1) is 0 Å². The van der Waals surface area contributed by atoms with Gasteiger partial charge in [0.15, 0.2) is 0 Å². The van der Waals surface area contributed by atoms with Gasteiger partial charge in [-0.25, -0.2) is 0 Å². The van der Waals surface area contributed by atoms with Crippen LogP contribution in [-0.2, 0) is 13.3 Å². The Balaban J connectivity index is 4.57. The summed E-state index contributed by atoms with van der Waals surface area (Å²) < 4.78 is 19.6. The van der Waals surface area contributed by atoms with Crippen molar-refractivity contribution in [3.05, 3.63) is 0 Å². The molecule has 212 valence electrons. The molecule has 0 aliphatic carbocycles. The lowest BCUT2D eigenvalue weighted by Crippen LogP contribution is -2.54. The quantitative estimate of drug-likeness (QED) is 0.0589. The van der Waals surface area contributed by atoms with E-state index >= 15 is 0 Å². The molecule has 0 saturated carbocycles. The van der Waals surface area contributed by atoms with E-state index in [1.54, 1.807) is 0 Å². The molecule has 0 rings (SSSR count). The number of hydrogen-bond acceptors (Lipinski definition) is 4. The second kappa shape index (κ2) is 27.5. The van der Waals surface area contributed by atoms with Crippen LogP contribution in [0, 0.1) is 0 Å². The second-order valence-electron chi connectivity index (χ2n) is 10.4. The Morgan fingerprint density at radius 3 is 0.943 bits per heavy atom. The highest BCUT2D eigenvalue weighted by molar-refractivity contribution is 7.83. The summed E-state index contributed by atoms with van der Waals surface area (Å²) in [6.07, 6.45) is 28.1. The third-order valence-corrected chi connectivity index (χ3v) is 11.3. The van der Waals surface area contributed by atoms with Crippen molar-refractivity contribution in [1.82, 2.24) is 0 Å². The Kier molecular flexibility index (Phi) is 27.8. The molecule has 0 N–H and O–H groups in total. The molecule has 0 fully saturated rings. The van der Waals surface area contributed by atoms with E-state index < -0.39 is 8.80 Å². The zero-order valence-corrected chi connectivity index (χ0v) is 26.3. The van der Waals surface area contributed by atoms with E-state index in [0.29, 0.717) is 0 Å². The molecule has 0 aliphatic rings. The van der Waals surface area contributed by atoms with Gasteiger partial charge < -0.3 is 13.3 Å². The van der Waals surface area contributed by atoms with Gasteiger partial charge in [0, 0.05) is 19.8 Å². The molecule has 35 heavy (non-hydrogen) atoms. The standard InChI is InChI=1S/C30H64O3SSi/c1-5-9-12-15-18-21-24-27-31-35(30(34)8-4,32-28-25-22-19-16-13-10-6-2)33-29-26-23-20-17-14-11-7-3/h30,34H,5-29H2,1-4H3. The molecule has 5 heteroatoms. The van der Waals surface area contributed by atoms with Crippen molar-refractivity contribution >= 4 is 21.4 Å². The molecule has 0 saturated heterocycles.